The number of nitrogens with zero attached hydrogens (tertiary/aromatic N) is 2. The van der Waals surface area contributed by atoms with Crippen LogP contribution in [0.4, 0.5) is 10.6 Å². The highest BCUT2D eigenvalue weighted by Crippen LogP contribution is 2.17. The van der Waals surface area contributed by atoms with Gasteiger partial charge in [-0.05, 0) is 38.5 Å². The molecule has 1 aromatic rings. The van der Waals surface area contributed by atoms with Crippen LogP contribution in [0.25, 0.3) is 0 Å². The van der Waals surface area contributed by atoms with E-state index in [4.69, 9.17) is 4.74 Å². The summed E-state index contributed by atoms with van der Waals surface area (Å²) in [6.07, 6.45) is 8.70. The molecule has 21 heavy (non-hydrogen) atoms. The molecule has 2 amide bonds. The SMILES string of the molecule is CCCn1nccc1NC(=O)NCCCC[C@H]1CCCO1. The van der Waals surface area contributed by atoms with Gasteiger partial charge in [-0.3, -0.25) is 5.32 Å². The second kappa shape index (κ2) is 8.67. The van der Waals surface area contributed by atoms with Gasteiger partial charge in [-0.25, -0.2) is 9.48 Å². The van der Waals surface area contributed by atoms with E-state index in [1.165, 1.54) is 12.8 Å². The van der Waals surface area contributed by atoms with E-state index < -0.39 is 0 Å². The molecule has 1 saturated heterocycles. The number of unbranched alkanes of at least 4 members (excludes halogenated alkanes) is 1. The number of aryl methyl sites for hydroxylation is 1. The molecule has 118 valence electrons. The summed E-state index contributed by atoms with van der Waals surface area (Å²) in [6, 6.07) is 1.65. The van der Waals surface area contributed by atoms with Crippen LogP contribution in [0.15, 0.2) is 12.3 Å². The third kappa shape index (κ3) is 5.38. The summed E-state index contributed by atoms with van der Waals surface area (Å²) >= 11 is 0. The monoisotopic (exact) mass is 294 g/mol. The second-order valence-corrected chi connectivity index (χ2v) is 5.45. The normalized spacial score (nSPS) is 17.9. The minimum absolute atomic E-state index is 0.162. The van der Waals surface area contributed by atoms with Gasteiger partial charge in [-0.1, -0.05) is 6.92 Å². The Morgan fingerprint density at radius 2 is 2.43 bits per heavy atom. The van der Waals surface area contributed by atoms with Crippen molar-refractivity contribution in [3.05, 3.63) is 12.3 Å². The van der Waals surface area contributed by atoms with Gasteiger partial charge in [-0.15, -0.1) is 0 Å². The van der Waals surface area contributed by atoms with Crippen molar-refractivity contribution in [3.8, 4) is 0 Å². The molecule has 6 heteroatoms. The number of anilines is 1. The maximum absolute atomic E-state index is 11.8. The lowest BCUT2D eigenvalue weighted by molar-refractivity contribution is 0.102. The fraction of sp³-hybridized carbons (Fsp3) is 0.733. The van der Waals surface area contributed by atoms with E-state index in [1.54, 1.807) is 10.9 Å². The first kappa shape index (κ1) is 15.8. The van der Waals surface area contributed by atoms with Crippen molar-refractivity contribution in [2.45, 2.75) is 58.1 Å². The molecule has 0 unspecified atom stereocenters. The van der Waals surface area contributed by atoms with E-state index in [2.05, 4.69) is 22.7 Å². The molecule has 2 heterocycles. The van der Waals surface area contributed by atoms with Crippen LogP contribution in [0.2, 0.25) is 0 Å². The van der Waals surface area contributed by atoms with Crippen molar-refractivity contribution in [3.63, 3.8) is 0 Å². The van der Waals surface area contributed by atoms with Crippen molar-refractivity contribution in [2.75, 3.05) is 18.5 Å². The fourth-order valence-corrected chi connectivity index (χ4v) is 2.56. The number of rotatable bonds is 8. The molecule has 0 spiro atoms. The highest BCUT2D eigenvalue weighted by molar-refractivity contribution is 5.88. The van der Waals surface area contributed by atoms with Crippen LogP contribution < -0.4 is 10.6 Å². The van der Waals surface area contributed by atoms with E-state index in [9.17, 15) is 4.79 Å². The van der Waals surface area contributed by atoms with E-state index in [0.717, 1.165) is 44.7 Å². The van der Waals surface area contributed by atoms with Gasteiger partial charge in [0.25, 0.3) is 0 Å². The maximum atomic E-state index is 11.8. The predicted octanol–water partition coefficient (Wildman–Crippen LogP) is 2.76. The second-order valence-electron chi connectivity index (χ2n) is 5.45. The van der Waals surface area contributed by atoms with Gasteiger partial charge in [0.15, 0.2) is 0 Å². The number of urea groups is 1. The average molecular weight is 294 g/mol. The number of carbonyl (C=O) groups is 1. The Labute approximate surface area is 126 Å². The first-order chi connectivity index (χ1) is 10.3. The van der Waals surface area contributed by atoms with Crippen LogP contribution >= 0.6 is 0 Å². The average Bonchev–Trinajstić information content (AvgIpc) is 3.11. The van der Waals surface area contributed by atoms with Gasteiger partial charge in [0.05, 0.1) is 12.3 Å². The summed E-state index contributed by atoms with van der Waals surface area (Å²) in [4.78, 5) is 11.8. The Bertz CT molecular complexity index is 427. The zero-order valence-electron chi connectivity index (χ0n) is 12.8. The number of amides is 2. The standard InChI is InChI=1S/C15H26N4O2/c1-2-11-19-14(8-10-17-19)18-15(20)16-9-4-3-6-13-7-5-12-21-13/h8,10,13H,2-7,9,11-12H2,1H3,(H2,16,18,20)/t13-/m0/s1. The molecule has 6 nitrogen and oxygen atoms in total. The van der Waals surface area contributed by atoms with E-state index in [0.29, 0.717) is 12.6 Å². The molecular weight excluding hydrogens is 268 g/mol. The summed E-state index contributed by atoms with van der Waals surface area (Å²) < 4.78 is 7.38. The molecule has 0 aliphatic carbocycles. The molecule has 1 aliphatic heterocycles. The molecule has 1 fully saturated rings. The summed E-state index contributed by atoms with van der Waals surface area (Å²) in [5.74, 6) is 0.744. The molecule has 0 aromatic carbocycles. The van der Waals surface area contributed by atoms with Crippen LogP contribution in [0.1, 0.15) is 45.4 Å². The predicted molar refractivity (Wildman–Crippen MR) is 82.4 cm³/mol. The Kier molecular flexibility index (Phi) is 6.53. The minimum Gasteiger partial charge on any atom is -0.378 e. The summed E-state index contributed by atoms with van der Waals surface area (Å²) in [7, 11) is 0. The summed E-state index contributed by atoms with van der Waals surface area (Å²) in [5.41, 5.74) is 0. The first-order valence-electron chi connectivity index (χ1n) is 7.98. The van der Waals surface area contributed by atoms with Crippen LogP contribution in [-0.4, -0.2) is 35.1 Å². The van der Waals surface area contributed by atoms with Crippen molar-refractivity contribution < 1.29 is 9.53 Å². The number of aromatic nitrogens is 2. The molecule has 1 aliphatic rings. The Morgan fingerprint density at radius 3 is 3.19 bits per heavy atom. The van der Waals surface area contributed by atoms with Crippen molar-refractivity contribution in [1.29, 1.82) is 0 Å². The Balaban J connectivity index is 1.57. The molecule has 1 aromatic heterocycles. The van der Waals surface area contributed by atoms with Gasteiger partial charge < -0.3 is 10.1 Å². The molecule has 0 radical (unpaired) electrons. The van der Waals surface area contributed by atoms with Gasteiger partial charge in [-0.2, -0.15) is 5.10 Å². The number of nitrogens with one attached hydrogen (secondary N) is 2. The lowest BCUT2D eigenvalue weighted by Gasteiger charge is -2.10. The largest absolute Gasteiger partial charge is 0.378 e. The van der Waals surface area contributed by atoms with Crippen molar-refractivity contribution in [1.82, 2.24) is 15.1 Å². The number of hydrogen-bond acceptors (Lipinski definition) is 3. The quantitative estimate of drug-likeness (QED) is 0.724. The molecular formula is C15H26N4O2. The van der Waals surface area contributed by atoms with Crippen LogP contribution in [0, 0.1) is 0 Å². The lowest BCUT2D eigenvalue weighted by atomic mass is 10.1. The highest BCUT2D eigenvalue weighted by atomic mass is 16.5. The van der Waals surface area contributed by atoms with Crippen molar-refractivity contribution in [2.24, 2.45) is 0 Å². The Morgan fingerprint density at radius 1 is 1.52 bits per heavy atom. The highest BCUT2D eigenvalue weighted by Gasteiger charge is 2.14. The zero-order chi connectivity index (χ0) is 14.9. The van der Waals surface area contributed by atoms with Gasteiger partial charge in [0.2, 0.25) is 0 Å². The third-order valence-electron chi connectivity index (χ3n) is 3.66. The van der Waals surface area contributed by atoms with Gasteiger partial charge in [0, 0.05) is 25.8 Å². The lowest BCUT2D eigenvalue weighted by Crippen LogP contribution is -2.30. The first-order valence-corrected chi connectivity index (χ1v) is 7.98. The molecule has 1 atom stereocenters. The van der Waals surface area contributed by atoms with E-state index in [-0.39, 0.29) is 6.03 Å². The maximum Gasteiger partial charge on any atom is 0.320 e. The summed E-state index contributed by atoms with van der Waals surface area (Å²) in [5, 5.41) is 9.89. The number of ether oxygens (including phenoxy) is 1. The van der Waals surface area contributed by atoms with E-state index in [1.807, 2.05) is 6.07 Å². The topological polar surface area (TPSA) is 68.2 Å². The molecule has 0 saturated carbocycles. The fourth-order valence-electron chi connectivity index (χ4n) is 2.56. The van der Waals surface area contributed by atoms with Gasteiger partial charge >= 0.3 is 6.03 Å². The number of carbonyl (C=O) groups excluding carboxylic acids is 1. The molecule has 2 N–H and O–H groups in total. The smallest absolute Gasteiger partial charge is 0.320 e. The van der Waals surface area contributed by atoms with Crippen LogP contribution in [-0.2, 0) is 11.3 Å². The van der Waals surface area contributed by atoms with Crippen LogP contribution in [0.5, 0.6) is 0 Å². The number of hydrogen-bond donors (Lipinski definition) is 2. The van der Waals surface area contributed by atoms with Gasteiger partial charge in [0.1, 0.15) is 5.82 Å². The minimum atomic E-state index is -0.162. The molecule has 0 bridgehead atoms. The Hall–Kier alpha value is -1.56. The zero-order valence-corrected chi connectivity index (χ0v) is 12.8. The summed E-state index contributed by atoms with van der Waals surface area (Å²) in [6.45, 7) is 4.50. The van der Waals surface area contributed by atoms with Crippen LogP contribution in [0.3, 0.4) is 0 Å². The van der Waals surface area contributed by atoms with Crippen molar-refractivity contribution >= 4 is 11.8 Å². The van der Waals surface area contributed by atoms with E-state index >= 15 is 0 Å². The third-order valence-corrected chi connectivity index (χ3v) is 3.66. The molecule has 2 rings (SSSR count).